The van der Waals surface area contributed by atoms with Crippen molar-refractivity contribution in [3.63, 3.8) is 0 Å². The molecule has 0 fully saturated rings. The van der Waals surface area contributed by atoms with Crippen LogP contribution in [0.25, 0.3) is 32.8 Å². The number of fused-ring (bicyclic) bond motifs is 2. The second kappa shape index (κ2) is 10.3. The number of aromatic nitrogens is 1. The molecule has 0 amide bonds. The van der Waals surface area contributed by atoms with Crippen molar-refractivity contribution >= 4 is 37.6 Å². The minimum absolute atomic E-state index is 0.425. The van der Waals surface area contributed by atoms with Crippen molar-refractivity contribution in [2.75, 3.05) is 27.7 Å². The molecule has 0 aliphatic heterocycles. The summed E-state index contributed by atoms with van der Waals surface area (Å²) in [5.41, 5.74) is 3.03. The fourth-order valence-corrected chi connectivity index (χ4v) is 5.96. The van der Waals surface area contributed by atoms with Gasteiger partial charge in [0, 0.05) is 30.8 Å². The maximum absolute atomic E-state index is 12.9. The van der Waals surface area contributed by atoms with Crippen molar-refractivity contribution in [1.29, 1.82) is 0 Å². The first-order chi connectivity index (χ1) is 17.9. The fraction of sp³-hybridized carbons (Fsp3) is 0.219. The van der Waals surface area contributed by atoms with Crippen LogP contribution >= 0.6 is 15.9 Å². The van der Waals surface area contributed by atoms with Crippen molar-refractivity contribution in [2.45, 2.75) is 16.5 Å². The van der Waals surface area contributed by atoms with Crippen molar-refractivity contribution in [3.05, 3.63) is 114 Å². The van der Waals surface area contributed by atoms with E-state index in [2.05, 4.69) is 57.2 Å². The SMILES string of the molecule is COC(Br)(c1cnc2ccccc2c1-c1ccccc1)C(O)(CCN(C)C)c1cccc2ccccc12. The molecule has 1 N–H and O–H groups in total. The predicted octanol–water partition coefficient (Wildman–Crippen LogP) is 7.09. The van der Waals surface area contributed by atoms with Crippen LogP contribution in [0.2, 0.25) is 0 Å². The number of aliphatic hydroxyl groups is 1. The second-order valence-corrected chi connectivity index (χ2v) is 10.8. The zero-order valence-corrected chi connectivity index (χ0v) is 22.9. The maximum atomic E-state index is 12.9. The molecular weight excluding hydrogens is 524 g/mol. The molecule has 37 heavy (non-hydrogen) atoms. The Morgan fingerprint density at radius 3 is 2.19 bits per heavy atom. The van der Waals surface area contributed by atoms with Crippen LogP contribution in [-0.2, 0) is 14.8 Å². The summed E-state index contributed by atoms with van der Waals surface area (Å²) in [6.07, 6.45) is 2.27. The van der Waals surface area contributed by atoms with Gasteiger partial charge in [0.05, 0.1) is 5.52 Å². The zero-order valence-electron chi connectivity index (χ0n) is 21.4. The molecule has 188 valence electrons. The van der Waals surface area contributed by atoms with Gasteiger partial charge in [0.2, 0.25) is 0 Å². The van der Waals surface area contributed by atoms with E-state index >= 15 is 0 Å². The van der Waals surface area contributed by atoms with Crippen LogP contribution in [-0.4, -0.2) is 42.7 Å². The van der Waals surface area contributed by atoms with Gasteiger partial charge in [0.15, 0.2) is 4.51 Å². The quantitative estimate of drug-likeness (QED) is 0.208. The topological polar surface area (TPSA) is 45.6 Å². The molecule has 1 heterocycles. The molecular formula is C32H31BrN2O2. The molecule has 4 aromatic carbocycles. The standard InChI is InChI=1S/C32H31BrN2O2/c1-35(2)21-20-31(36,27-18-11-15-23-12-7-8-16-25(23)27)32(33,37-3)28-22-34-29-19-10-9-17-26(29)30(28)24-13-5-4-6-14-24/h4-19,22,36H,20-21H2,1-3H3. The average Bonchev–Trinajstić information content (AvgIpc) is 2.95. The Labute approximate surface area is 226 Å². The van der Waals surface area contributed by atoms with Crippen molar-refractivity contribution in [1.82, 2.24) is 9.88 Å². The Morgan fingerprint density at radius 2 is 1.46 bits per heavy atom. The van der Waals surface area contributed by atoms with Crippen LogP contribution in [0.4, 0.5) is 0 Å². The number of benzene rings is 4. The summed E-state index contributed by atoms with van der Waals surface area (Å²) in [7, 11) is 5.67. The summed E-state index contributed by atoms with van der Waals surface area (Å²) in [6, 6.07) is 32.6. The number of methoxy groups -OCH3 is 1. The first kappa shape index (κ1) is 25.6. The van der Waals surface area contributed by atoms with E-state index in [1.54, 1.807) is 7.11 Å². The highest BCUT2D eigenvalue weighted by atomic mass is 79.9. The van der Waals surface area contributed by atoms with Crippen LogP contribution in [0.3, 0.4) is 0 Å². The molecule has 4 nitrogen and oxygen atoms in total. The lowest BCUT2D eigenvalue weighted by Gasteiger charge is -2.45. The number of halogens is 1. The average molecular weight is 556 g/mol. The highest BCUT2D eigenvalue weighted by Gasteiger charge is 2.53. The molecule has 0 aliphatic rings. The first-order valence-electron chi connectivity index (χ1n) is 12.4. The number of para-hydroxylation sites is 1. The third kappa shape index (κ3) is 4.47. The van der Waals surface area contributed by atoms with E-state index in [9.17, 15) is 5.11 Å². The molecule has 0 spiro atoms. The lowest BCUT2D eigenvalue weighted by atomic mass is 9.77. The van der Waals surface area contributed by atoms with Crippen molar-refractivity contribution < 1.29 is 9.84 Å². The third-order valence-electron chi connectivity index (χ3n) is 7.15. The summed E-state index contributed by atoms with van der Waals surface area (Å²) in [5.74, 6) is 0. The molecule has 5 heteroatoms. The third-order valence-corrected chi connectivity index (χ3v) is 8.56. The normalized spacial score (nSPS) is 15.1. The van der Waals surface area contributed by atoms with Crippen molar-refractivity contribution in [3.8, 4) is 11.1 Å². The predicted molar refractivity (Wildman–Crippen MR) is 156 cm³/mol. The molecule has 0 bridgehead atoms. The monoisotopic (exact) mass is 554 g/mol. The van der Waals surface area contributed by atoms with E-state index in [4.69, 9.17) is 9.72 Å². The number of ether oxygens (including phenoxy) is 1. The van der Waals surface area contributed by atoms with E-state index in [0.29, 0.717) is 13.0 Å². The van der Waals surface area contributed by atoms with E-state index in [0.717, 1.165) is 43.9 Å². The summed E-state index contributed by atoms with van der Waals surface area (Å²) >= 11 is 3.99. The number of hydrogen-bond acceptors (Lipinski definition) is 4. The van der Waals surface area contributed by atoms with E-state index in [1.807, 2.05) is 81.0 Å². The summed E-state index contributed by atoms with van der Waals surface area (Å²) < 4.78 is 5.04. The largest absolute Gasteiger partial charge is 0.381 e. The van der Waals surface area contributed by atoms with Crippen LogP contribution in [0, 0.1) is 0 Å². The zero-order chi connectivity index (χ0) is 26.0. The minimum Gasteiger partial charge on any atom is -0.381 e. The Hall–Kier alpha value is -3.09. The van der Waals surface area contributed by atoms with Gasteiger partial charge < -0.3 is 14.7 Å². The van der Waals surface area contributed by atoms with Gasteiger partial charge in [0.25, 0.3) is 0 Å². The Kier molecular flexibility index (Phi) is 7.15. The van der Waals surface area contributed by atoms with Crippen LogP contribution in [0.5, 0.6) is 0 Å². The smallest absolute Gasteiger partial charge is 0.182 e. The number of alkyl halides is 1. The van der Waals surface area contributed by atoms with Gasteiger partial charge >= 0.3 is 0 Å². The van der Waals surface area contributed by atoms with Gasteiger partial charge in [-0.05, 0) is 70.0 Å². The van der Waals surface area contributed by atoms with Crippen LogP contribution in [0.1, 0.15) is 17.5 Å². The van der Waals surface area contributed by atoms with Gasteiger partial charge in [-0.3, -0.25) is 4.98 Å². The van der Waals surface area contributed by atoms with E-state index < -0.39 is 10.1 Å². The van der Waals surface area contributed by atoms with Crippen LogP contribution < -0.4 is 0 Å². The van der Waals surface area contributed by atoms with Gasteiger partial charge in [0.1, 0.15) is 5.60 Å². The number of pyridine rings is 1. The number of rotatable bonds is 8. The first-order valence-corrected chi connectivity index (χ1v) is 13.2. The Balaban J connectivity index is 1.84. The van der Waals surface area contributed by atoms with E-state index in [1.165, 1.54) is 0 Å². The Morgan fingerprint density at radius 1 is 0.811 bits per heavy atom. The molecule has 0 aliphatic carbocycles. The number of nitrogens with zero attached hydrogens (tertiary/aromatic N) is 2. The lowest BCUT2D eigenvalue weighted by Crippen LogP contribution is -2.48. The molecule has 5 rings (SSSR count). The van der Waals surface area contributed by atoms with Crippen molar-refractivity contribution in [2.24, 2.45) is 0 Å². The van der Waals surface area contributed by atoms with Gasteiger partial charge in [-0.1, -0.05) is 91.0 Å². The molecule has 0 saturated carbocycles. The molecule has 0 saturated heterocycles. The maximum Gasteiger partial charge on any atom is 0.182 e. The summed E-state index contributed by atoms with van der Waals surface area (Å²) in [5, 5.41) is 16.0. The summed E-state index contributed by atoms with van der Waals surface area (Å²) in [6.45, 7) is 0.651. The van der Waals surface area contributed by atoms with Crippen LogP contribution in [0.15, 0.2) is 103 Å². The van der Waals surface area contributed by atoms with Gasteiger partial charge in [-0.25, -0.2) is 0 Å². The Bertz CT molecular complexity index is 1530. The highest BCUT2D eigenvalue weighted by molar-refractivity contribution is 9.09. The number of hydrogen-bond donors (Lipinski definition) is 1. The summed E-state index contributed by atoms with van der Waals surface area (Å²) in [4.78, 5) is 6.89. The molecule has 5 aromatic rings. The lowest BCUT2D eigenvalue weighted by molar-refractivity contribution is -0.127. The minimum atomic E-state index is -1.44. The molecule has 2 atom stereocenters. The second-order valence-electron chi connectivity index (χ2n) is 9.67. The molecule has 0 radical (unpaired) electrons. The highest BCUT2D eigenvalue weighted by Crippen LogP contribution is 2.54. The van der Waals surface area contributed by atoms with Gasteiger partial charge in [-0.15, -0.1) is 0 Å². The van der Waals surface area contributed by atoms with E-state index in [-0.39, 0.29) is 0 Å². The molecule has 2 unspecified atom stereocenters. The van der Waals surface area contributed by atoms with Gasteiger partial charge in [-0.2, -0.15) is 0 Å². The molecule has 1 aromatic heterocycles. The fourth-order valence-electron chi connectivity index (χ4n) is 5.24.